The molecule has 1 fully saturated rings. The van der Waals surface area contributed by atoms with E-state index in [0.717, 1.165) is 17.7 Å². The fourth-order valence-electron chi connectivity index (χ4n) is 4.41. The molecule has 2 aromatic carbocycles. The highest BCUT2D eigenvalue weighted by Gasteiger charge is 2.36. The van der Waals surface area contributed by atoms with Gasteiger partial charge in [-0.2, -0.15) is 0 Å². The van der Waals surface area contributed by atoms with E-state index in [1.807, 2.05) is 20.2 Å². The summed E-state index contributed by atoms with van der Waals surface area (Å²) < 4.78 is 48.9. The molecule has 0 unspecified atom stereocenters. The number of halogens is 3. The zero-order valence-corrected chi connectivity index (χ0v) is 20.8. The molecule has 202 valence electrons. The van der Waals surface area contributed by atoms with Gasteiger partial charge < -0.3 is 30.4 Å². The fourth-order valence-corrected chi connectivity index (χ4v) is 4.41. The van der Waals surface area contributed by atoms with E-state index in [9.17, 15) is 22.8 Å². The summed E-state index contributed by atoms with van der Waals surface area (Å²) in [7, 11) is 1.84. The summed E-state index contributed by atoms with van der Waals surface area (Å²) in [6.07, 6.45) is -2.07. The molecule has 0 radical (unpaired) electrons. The molecule has 0 saturated carbocycles. The van der Waals surface area contributed by atoms with Crippen molar-refractivity contribution in [1.29, 1.82) is 0 Å². The van der Waals surface area contributed by atoms with Crippen molar-refractivity contribution in [2.24, 2.45) is 24.4 Å². The quantitative estimate of drug-likeness (QED) is 0.482. The average Bonchev–Trinajstić information content (AvgIpc) is 3.27. The minimum absolute atomic E-state index is 0.0287. The number of carbonyl (C=O) groups is 2. The molecule has 12 heteroatoms. The van der Waals surface area contributed by atoms with Crippen LogP contribution in [0.2, 0.25) is 0 Å². The Morgan fingerprint density at radius 1 is 1.16 bits per heavy atom. The van der Waals surface area contributed by atoms with Crippen LogP contribution in [0, 0.1) is 5.92 Å². The Kier molecular flexibility index (Phi) is 7.63. The van der Waals surface area contributed by atoms with Crippen molar-refractivity contribution >= 4 is 11.8 Å². The molecule has 9 nitrogen and oxygen atoms in total. The summed E-state index contributed by atoms with van der Waals surface area (Å²) in [6.45, 7) is 2.21. The van der Waals surface area contributed by atoms with E-state index in [2.05, 4.69) is 9.72 Å². The maximum atomic E-state index is 12.9. The lowest BCUT2D eigenvalue weighted by atomic mass is 9.93. The maximum absolute atomic E-state index is 12.9. The molecule has 3 aromatic rings. The van der Waals surface area contributed by atoms with Crippen LogP contribution in [0.3, 0.4) is 0 Å². The summed E-state index contributed by atoms with van der Waals surface area (Å²) in [6, 6.07) is 10.2. The van der Waals surface area contributed by atoms with Crippen molar-refractivity contribution < 1.29 is 32.2 Å². The molecule has 0 bridgehead atoms. The molecular weight excluding hydrogens is 503 g/mol. The summed E-state index contributed by atoms with van der Waals surface area (Å²) in [5, 5.41) is 0. The van der Waals surface area contributed by atoms with Gasteiger partial charge in [-0.15, -0.1) is 13.2 Å². The van der Waals surface area contributed by atoms with Crippen molar-refractivity contribution in [2.45, 2.75) is 38.4 Å². The molecule has 4 N–H and O–H groups in total. The first-order valence-electron chi connectivity index (χ1n) is 11.9. The monoisotopic (exact) mass is 531 g/mol. The number of nitrogens with two attached hydrogens (primary N) is 2. The highest BCUT2D eigenvalue weighted by Crippen LogP contribution is 2.31. The molecule has 3 atom stereocenters. The zero-order valence-electron chi connectivity index (χ0n) is 20.8. The van der Waals surface area contributed by atoms with E-state index in [4.69, 9.17) is 16.2 Å². The lowest BCUT2D eigenvalue weighted by Crippen LogP contribution is -2.56. The Morgan fingerprint density at radius 3 is 2.47 bits per heavy atom. The van der Waals surface area contributed by atoms with Crippen LogP contribution in [-0.4, -0.2) is 51.4 Å². The number of benzene rings is 2. The van der Waals surface area contributed by atoms with Gasteiger partial charge in [0.1, 0.15) is 17.6 Å². The molecular formula is C26H28F3N5O4. The molecule has 0 spiro atoms. The Morgan fingerprint density at radius 2 is 1.87 bits per heavy atom. The van der Waals surface area contributed by atoms with E-state index in [1.165, 1.54) is 17.0 Å². The Balaban J connectivity index is 1.41. The van der Waals surface area contributed by atoms with E-state index in [0.29, 0.717) is 30.0 Å². The van der Waals surface area contributed by atoms with Crippen molar-refractivity contribution in [3.05, 3.63) is 66.1 Å². The number of hydrogen-bond donors (Lipinski definition) is 2. The number of aromatic nitrogens is 2. The number of likely N-dealkylation sites (tertiary alicyclic amines) is 1. The number of piperidine rings is 1. The number of ether oxygens (including phenoxy) is 2. The molecule has 1 aliphatic heterocycles. The molecule has 2 amide bonds. The number of rotatable bonds is 7. The van der Waals surface area contributed by atoms with Crippen LogP contribution < -0.4 is 20.9 Å². The first-order chi connectivity index (χ1) is 17.9. The number of alkyl halides is 3. The largest absolute Gasteiger partial charge is 0.573 e. The maximum Gasteiger partial charge on any atom is 0.573 e. The molecule has 38 heavy (non-hydrogen) atoms. The van der Waals surface area contributed by atoms with Crippen molar-refractivity contribution in [2.75, 3.05) is 6.54 Å². The van der Waals surface area contributed by atoms with Gasteiger partial charge in [-0.1, -0.05) is 19.1 Å². The summed E-state index contributed by atoms with van der Waals surface area (Å²) in [5.41, 5.74) is 14.1. The van der Waals surface area contributed by atoms with Gasteiger partial charge >= 0.3 is 6.36 Å². The van der Waals surface area contributed by atoms with Crippen LogP contribution in [0.5, 0.6) is 11.5 Å². The molecule has 2 heterocycles. The molecule has 0 aliphatic carbocycles. The van der Waals surface area contributed by atoms with Gasteiger partial charge in [0.25, 0.3) is 5.91 Å². The predicted octanol–water partition coefficient (Wildman–Crippen LogP) is 3.23. The van der Waals surface area contributed by atoms with Crippen LogP contribution in [0.1, 0.15) is 29.3 Å². The average molecular weight is 532 g/mol. The van der Waals surface area contributed by atoms with Crippen molar-refractivity contribution in [1.82, 2.24) is 14.5 Å². The van der Waals surface area contributed by atoms with Gasteiger partial charge in [0.2, 0.25) is 5.91 Å². The van der Waals surface area contributed by atoms with Gasteiger partial charge in [0.15, 0.2) is 0 Å². The third-order valence-corrected chi connectivity index (χ3v) is 6.35. The lowest BCUT2D eigenvalue weighted by Gasteiger charge is -2.41. The number of imidazole rings is 1. The van der Waals surface area contributed by atoms with Gasteiger partial charge in [0.05, 0.1) is 30.2 Å². The smallest absolute Gasteiger partial charge is 0.489 e. The standard InChI is InChI=1S/C26H28F3N5O4/c1-15-12-34(24(35)9-16-3-6-18(7-4-16)38-26(27,28)29)23(30)11-22(15)37-21-8-5-17(10-19(21)25(31)36)20-13-33(2)14-32-20/h3-8,10,13-15,22-23H,9,11-12,30H2,1-2H3,(H2,31,36)/t15-,22-,23-/m0/s1. The zero-order chi connectivity index (χ0) is 27.6. The molecule has 1 aromatic heterocycles. The van der Waals surface area contributed by atoms with Crippen molar-refractivity contribution in [3.8, 4) is 22.8 Å². The normalized spacial score (nSPS) is 19.7. The van der Waals surface area contributed by atoms with Gasteiger partial charge in [-0.3, -0.25) is 9.59 Å². The first kappa shape index (κ1) is 27.0. The molecule has 1 aliphatic rings. The second-order valence-corrected chi connectivity index (χ2v) is 9.35. The number of carbonyl (C=O) groups excluding carboxylic acids is 2. The second-order valence-electron chi connectivity index (χ2n) is 9.35. The third kappa shape index (κ3) is 6.43. The number of hydrogen-bond acceptors (Lipinski definition) is 6. The highest BCUT2D eigenvalue weighted by atomic mass is 19.4. The van der Waals surface area contributed by atoms with E-state index >= 15 is 0 Å². The van der Waals surface area contributed by atoms with E-state index in [1.54, 1.807) is 29.1 Å². The van der Waals surface area contributed by atoms with Crippen LogP contribution in [0.25, 0.3) is 11.3 Å². The summed E-state index contributed by atoms with van der Waals surface area (Å²) in [4.78, 5) is 30.9. The SMILES string of the molecule is C[C@H]1CN(C(=O)Cc2ccc(OC(F)(F)F)cc2)[C@H](N)C[C@@H]1Oc1ccc(-c2cn(C)cn2)cc1C(N)=O. The van der Waals surface area contributed by atoms with Crippen LogP contribution in [0.15, 0.2) is 55.0 Å². The third-order valence-electron chi connectivity index (χ3n) is 6.35. The predicted molar refractivity (Wildman–Crippen MR) is 132 cm³/mol. The topological polar surface area (TPSA) is 126 Å². The summed E-state index contributed by atoms with van der Waals surface area (Å²) in [5.74, 6) is -1.07. The Labute approximate surface area is 217 Å². The van der Waals surface area contributed by atoms with Gasteiger partial charge in [-0.25, -0.2) is 4.98 Å². The van der Waals surface area contributed by atoms with Crippen molar-refractivity contribution in [3.63, 3.8) is 0 Å². The van der Waals surface area contributed by atoms with Gasteiger partial charge in [0, 0.05) is 37.7 Å². The van der Waals surface area contributed by atoms with E-state index < -0.39 is 18.4 Å². The van der Waals surface area contributed by atoms with Crippen LogP contribution >= 0.6 is 0 Å². The number of amides is 2. The lowest BCUT2D eigenvalue weighted by molar-refractivity contribution is -0.274. The molecule has 4 rings (SSSR count). The first-order valence-corrected chi connectivity index (χ1v) is 11.9. The minimum Gasteiger partial charge on any atom is -0.489 e. The number of primary amides is 1. The Hall–Kier alpha value is -4.06. The highest BCUT2D eigenvalue weighted by molar-refractivity contribution is 5.97. The van der Waals surface area contributed by atoms with Crippen LogP contribution in [-0.2, 0) is 18.3 Å². The second kappa shape index (κ2) is 10.7. The van der Waals surface area contributed by atoms with E-state index in [-0.39, 0.29) is 35.7 Å². The number of nitrogens with zero attached hydrogens (tertiary/aromatic N) is 3. The molecule has 1 saturated heterocycles. The minimum atomic E-state index is -4.79. The van der Waals surface area contributed by atoms with Gasteiger partial charge in [-0.05, 0) is 35.9 Å². The van der Waals surface area contributed by atoms with Crippen LogP contribution in [0.4, 0.5) is 13.2 Å². The number of aryl methyl sites for hydroxylation is 1. The fraction of sp³-hybridized carbons (Fsp3) is 0.346. The Bertz CT molecular complexity index is 1310. The summed E-state index contributed by atoms with van der Waals surface area (Å²) >= 11 is 0.